The quantitative estimate of drug-likeness (QED) is 0.303. The summed E-state index contributed by atoms with van der Waals surface area (Å²) in [5.41, 5.74) is 14.2. The third kappa shape index (κ3) is 4.54. The number of hydrogen-bond donors (Lipinski definition) is 3. The Kier molecular flexibility index (Phi) is 7.66. The molecule has 0 radical (unpaired) electrons. The predicted octanol–water partition coefficient (Wildman–Crippen LogP) is 6.55. The summed E-state index contributed by atoms with van der Waals surface area (Å²) < 4.78 is 5.01. The summed E-state index contributed by atoms with van der Waals surface area (Å²) in [4.78, 5) is 27.6. The summed E-state index contributed by atoms with van der Waals surface area (Å²) in [5, 5.41) is 25.6. The molecule has 0 spiro atoms. The van der Waals surface area contributed by atoms with Crippen LogP contribution < -0.4 is 5.32 Å². The molecular formula is C36H40N4O4. The van der Waals surface area contributed by atoms with Crippen molar-refractivity contribution >= 4 is 23.1 Å². The number of nitrogens with one attached hydrogen (secondary N) is 1. The van der Waals surface area contributed by atoms with E-state index in [2.05, 4.69) is 32.2 Å². The fraction of sp³-hybridized carbons (Fsp3) is 0.389. The molecule has 0 aromatic rings. The van der Waals surface area contributed by atoms with E-state index in [9.17, 15) is 15.0 Å². The van der Waals surface area contributed by atoms with Crippen molar-refractivity contribution in [2.24, 2.45) is 26.8 Å². The number of ether oxygens (including phenoxy) is 1. The molecule has 0 unspecified atom stereocenters. The van der Waals surface area contributed by atoms with Gasteiger partial charge in [0, 0.05) is 58.4 Å². The monoisotopic (exact) mass is 592 g/mol. The van der Waals surface area contributed by atoms with E-state index < -0.39 is 0 Å². The fourth-order valence-electron chi connectivity index (χ4n) is 7.27. The zero-order chi connectivity index (χ0) is 31.4. The number of methoxy groups -OCH3 is 1. The van der Waals surface area contributed by atoms with E-state index in [1.807, 2.05) is 39.0 Å². The van der Waals surface area contributed by atoms with Crippen LogP contribution in [0.2, 0.25) is 0 Å². The molecule has 8 heteroatoms. The van der Waals surface area contributed by atoms with Crippen LogP contribution in [0.1, 0.15) is 67.2 Å². The Hall–Kier alpha value is -4.30. The Morgan fingerprint density at radius 2 is 1.80 bits per heavy atom. The fourth-order valence-corrected chi connectivity index (χ4v) is 7.27. The first-order valence-corrected chi connectivity index (χ1v) is 15.4. The maximum atomic E-state index is 12.3. The Morgan fingerprint density at radius 1 is 1.05 bits per heavy atom. The van der Waals surface area contributed by atoms with E-state index in [-0.39, 0.29) is 30.8 Å². The van der Waals surface area contributed by atoms with Gasteiger partial charge in [0.05, 0.1) is 47.9 Å². The van der Waals surface area contributed by atoms with Crippen LogP contribution >= 0.6 is 0 Å². The molecule has 3 N–H and O–H groups in total. The van der Waals surface area contributed by atoms with E-state index in [1.165, 1.54) is 7.11 Å². The number of aliphatic hydroxyl groups is 2. The van der Waals surface area contributed by atoms with Crippen molar-refractivity contribution in [1.29, 1.82) is 0 Å². The van der Waals surface area contributed by atoms with E-state index in [0.29, 0.717) is 24.3 Å². The highest BCUT2D eigenvalue weighted by Gasteiger charge is 2.42. The summed E-state index contributed by atoms with van der Waals surface area (Å²) in [7, 11) is 1.41. The van der Waals surface area contributed by atoms with Crippen LogP contribution in [0.4, 0.5) is 0 Å². The summed E-state index contributed by atoms with van der Waals surface area (Å²) in [6.45, 7) is 12.2. The number of aliphatic imine (C=N–C) groups is 3. The van der Waals surface area contributed by atoms with Crippen molar-refractivity contribution in [1.82, 2.24) is 5.32 Å². The minimum Gasteiger partial charge on any atom is -0.511 e. The third-order valence-corrected chi connectivity index (χ3v) is 9.73. The van der Waals surface area contributed by atoms with Crippen molar-refractivity contribution in [2.45, 2.75) is 67.2 Å². The number of nitrogens with zero attached hydrogens (tertiary/aromatic N) is 3. The van der Waals surface area contributed by atoms with Gasteiger partial charge in [-0.25, -0.2) is 15.0 Å². The number of allylic oxidation sites excluding steroid dienone is 13. The van der Waals surface area contributed by atoms with Gasteiger partial charge in [0.25, 0.3) is 0 Å². The maximum absolute atomic E-state index is 12.3. The lowest BCUT2D eigenvalue weighted by atomic mass is 9.84. The second-order valence-corrected chi connectivity index (χ2v) is 12.1. The van der Waals surface area contributed by atoms with Crippen LogP contribution in [0.15, 0.2) is 118 Å². The number of aliphatic hydroxyl groups excluding tert-OH is 2. The smallest absolute Gasteiger partial charge is 0.305 e. The summed E-state index contributed by atoms with van der Waals surface area (Å²) >= 11 is 0. The lowest BCUT2D eigenvalue weighted by molar-refractivity contribution is -0.140. The first-order chi connectivity index (χ1) is 21.1. The summed E-state index contributed by atoms with van der Waals surface area (Å²) in [6, 6.07) is 0. The normalized spacial score (nSPS) is 24.6. The van der Waals surface area contributed by atoms with E-state index >= 15 is 0 Å². The van der Waals surface area contributed by atoms with Crippen molar-refractivity contribution in [3.05, 3.63) is 103 Å². The number of hydrogen-bond acceptors (Lipinski definition) is 8. The van der Waals surface area contributed by atoms with E-state index in [0.717, 1.165) is 90.9 Å². The molecule has 8 nitrogen and oxygen atoms in total. The van der Waals surface area contributed by atoms with Gasteiger partial charge in [-0.2, -0.15) is 0 Å². The van der Waals surface area contributed by atoms with Crippen LogP contribution in [-0.4, -0.2) is 47.0 Å². The number of rotatable bonds is 6. The first-order valence-electron chi connectivity index (χ1n) is 15.4. The molecule has 1 fully saturated rings. The van der Waals surface area contributed by atoms with Gasteiger partial charge in [0.1, 0.15) is 5.76 Å². The first kappa shape index (κ1) is 29.8. The highest BCUT2D eigenvalue weighted by Crippen LogP contribution is 2.47. The van der Waals surface area contributed by atoms with Gasteiger partial charge < -0.3 is 20.3 Å². The van der Waals surface area contributed by atoms with Gasteiger partial charge in [-0.3, -0.25) is 4.79 Å². The SMILES string of the molecule is C/C=C/C1=C2NC(=C3CC(O)=C4C3=NC(=C4C)C=C3N=C(C=C4N=C1C(C)=C4CO)C(C)=C3CC)[C@@H](CCC(=O)OC)[C@@H]2C. The van der Waals surface area contributed by atoms with Crippen molar-refractivity contribution in [3.8, 4) is 0 Å². The van der Waals surface area contributed by atoms with Gasteiger partial charge in [-0.1, -0.05) is 26.0 Å². The molecule has 228 valence electrons. The van der Waals surface area contributed by atoms with Crippen LogP contribution in [0.5, 0.6) is 0 Å². The average Bonchev–Trinajstić information content (AvgIpc) is 3.76. The molecular weight excluding hydrogens is 552 g/mol. The highest BCUT2D eigenvalue weighted by molar-refractivity contribution is 6.21. The van der Waals surface area contributed by atoms with Gasteiger partial charge in [0.15, 0.2) is 0 Å². The van der Waals surface area contributed by atoms with E-state index in [1.54, 1.807) is 0 Å². The van der Waals surface area contributed by atoms with Gasteiger partial charge in [0.2, 0.25) is 0 Å². The number of esters is 1. The van der Waals surface area contributed by atoms with Gasteiger partial charge in [-0.05, 0) is 75.0 Å². The number of fused-ring (bicyclic) bond motifs is 5. The predicted molar refractivity (Wildman–Crippen MR) is 174 cm³/mol. The van der Waals surface area contributed by atoms with Crippen LogP contribution in [0, 0.1) is 11.8 Å². The lowest BCUT2D eigenvalue weighted by Gasteiger charge is -2.18. The molecule has 0 aromatic carbocycles. The molecule has 5 heterocycles. The van der Waals surface area contributed by atoms with Crippen LogP contribution in [-0.2, 0) is 9.53 Å². The molecule has 8 bridgehead atoms. The molecule has 5 aliphatic heterocycles. The number of carbonyl (C=O) groups excluding carboxylic acids is 1. The molecule has 0 saturated carbocycles. The minimum atomic E-state index is -0.253. The summed E-state index contributed by atoms with van der Waals surface area (Å²) in [6.07, 6.45) is 10.1. The average molecular weight is 593 g/mol. The Balaban J connectivity index is 1.66. The van der Waals surface area contributed by atoms with Gasteiger partial charge in [-0.15, -0.1) is 0 Å². The second kappa shape index (κ2) is 11.3. The zero-order valence-corrected chi connectivity index (χ0v) is 26.6. The van der Waals surface area contributed by atoms with Crippen LogP contribution in [0.3, 0.4) is 0 Å². The summed E-state index contributed by atoms with van der Waals surface area (Å²) in [5.74, 6) is 0.0240. The minimum absolute atomic E-state index is 0.00617. The molecule has 44 heavy (non-hydrogen) atoms. The zero-order valence-electron chi connectivity index (χ0n) is 26.6. The van der Waals surface area contributed by atoms with Gasteiger partial charge >= 0.3 is 5.97 Å². The molecule has 6 rings (SSSR count). The van der Waals surface area contributed by atoms with Crippen molar-refractivity contribution in [3.63, 3.8) is 0 Å². The topological polar surface area (TPSA) is 116 Å². The van der Waals surface area contributed by atoms with Crippen molar-refractivity contribution < 1.29 is 19.7 Å². The molecule has 1 saturated heterocycles. The molecule has 2 atom stereocenters. The second-order valence-electron chi connectivity index (χ2n) is 12.1. The van der Waals surface area contributed by atoms with Crippen LogP contribution in [0.25, 0.3) is 0 Å². The Bertz CT molecular complexity index is 1780. The largest absolute Gasteiger partial charge is 0.511 e. The third-order valence-electron chi connectivity index (χ3n) is 9.73. The number of carbonyl (C=O) groups is 1. The molecule has 0 aromatic heterocycles. The standard InChI is InChI=1S/C36H40N4O4/c1-8-10-23-33-19(5)25(16-41)29(39-33)14-26-17(3)21(9-2)28(37-26)15-27-20(6)32-30(42)13-24(36(32)38-27)35-22(11-12-31(43)44-7)18(4)34(23)40-35/h8,10,14-15,18,22,40-42H,9,11-13,16H2,1-7H3/b10-8+,28-15?,29-14?,34-23?,35-24?/t18-,22-/m0/s1. The maximum Gasteiger partial charge on any atom is 0.305 e. The lowest BCUT2D eigenvalue weighted by Crippen LogP contribution is -2.16. The molecule has 6 aliphatic rings. The highest BCUT2D eigenvalue weighted by atomic mass is 16.5. The molecule has 0 amide bonds. The molecule has 1 aliphatic carbocycles. The Morgan fingerprint density at radius 3 is 2.48 bits per heavy atom. The Labute approximate surface area is 258 Å². The van der Waals surface area contributed by atoms with E-state index in [4.69, 9.17) is 19.7 Å². The van der Waals surface area contributed by atoms with Crippen molar-refractivity contribution in [2.75, 3.05) is 13.7 Å².